The smallest absolute Gasteiger partial charge is 0.140 e. The lowest BCUT2D eigenvalue weighted by atomic mass is 9.87. The molecule has 18 heavy (non-hydrogen) atoms. The van der Waals surface area contributed by atoms with Gasteiger partial charge in [0.15, 0.2) is 0 Å². The molecule has 100 valence electrons. The Morgan fingerprint density at radius 3 is 2.89 bits per heavy atom. The molecule has 1 saturated carbocycles. The molecule has 0 atom stereocenters. The lowest BCUT2D eigenvalue weighted by molar-refractivity contribution is 0.206. The van der Waals surface area contributed by atoms with E-state index in [1.54, 1.807) is 6.33 Å². The standard InChI is InChI=1S/C13H22N4S/c1-16-12(14-11-15-16)9-17-7-8-18-13(10-17)5-3-2-4-6-13/h11H,2-10H2,1H3. The van der Waals surface area contributed by atoms with Crippen LogP contribution in [0.15, 0.2) is 6.33 Å². The Kier molecular flexibility index (Phi) is 3.61. The first kappa shape index (κ1) is 12.5. The summed E-state index contributed by atoms with van der Waals surface area (Å²) in [4.78, 5) is 6.92. The van der Waals surface area contributed by atoms with Crippen LogP contribution in [-0.4, -0.2) is 43.3 Å². The summed E-state index contributed by atoms with van der Waals surface area (Å²) >= 11 is 2.22. The molecule has 1 aromatic heterocycles. The monoisotopic (exact) mass is 266 g/mol. The third-order valence-electron chi connectivity index (χ3n) is 4.26. The van der Waals surface area contributed by atoms with Gasteiger partial charge < -0.3 is 0 Å². The summed E-state index contributed by atoms with van der Waals surface area (Å²) in [5, 5.41) is 4.16. The topological polar surface area (TPSA) is 34.0 Å². The minimum atomic E-state index is 0.551. The van der Waals surface area contributed by atoms with Gasteiger partial charge in [-0.05, 0) is 12.8 Å². The van der Waals surface area contributed by atoms with E-state index in [9.17, 15) is 0 Å². The number of hydrogen-bond acceptors (Lipinski definition) is 4. The summed E-state index contributed by atoms with van der Waals surface area (Å²) in [5.74, 6) is 2.37. The van der Waals surface area contributed by atoms with Gasteiger partial charge in [0.2, 0.25) is 0 Å². The molecule has 1 aliphatic heterocycles. The summed E-state index contributed by atoms with van der Waals surface area (Å²) in [7, 11) is 1.98. The number of aryl methyl sites for hydroxylation is 1. The average molecular weight is 266 g/mol. The van der Waals surface area contributed by atoms with E-state index in [0.717, 1.165) is 12.4 Å². The highest BCUT2D eigenvalue weighted by molar-refractivity contribution is 8.00. The normalized spacial score (nSPS) is 24.5. The Hall–Kier alpha value is -0.550. The van der Waals surface area contributed by atoms with E-state index >= 15 is 0 Å². The Morgan fingerprint density at radius 1 is 1.33 bits per heavy atom. The maximum atomic E-state index is 4.35. The van der Waals surface area contributed by atoms with Gasteiger partial charge >= 0.3 is 0 Å². The molecule has 1 saturated heterocycles. The second-order valence-corrected chi connectivity index (χ2v) is 7.17. The van der Waals surface area contributed by atoms with Gasteiger partial charge in [0.1, 0.15) is 12.2 Å². The first-order chi connectivity index (χ1) is 8.77. The Bertz CT molecular complexity index is 392. The van der Waals surface area contributed by atoms with Crippen molar-refractivity contribution in [3.8, 4) is 0 Å². The van der Waals surface area contributed by atoms with Crippen molar-refractivity contribution >= 4 is 11.8 Å². The van der Waals surface area contributed by atoms with Crippen LogP contribution < -0.4 is 0 Å². The highest BCUT2D eigenvalue weighted by atomic mass is 32.2. The summed E-state index contributed by atoms with van der Waals surface area (Å²) in [6.45, 7) is 3.39. The van der Waals surface area contributed by atoms with Gasteiger partial charge in [-0.25, -0.2) is 4.98 Å². The van der Waals surface area contributed by atoms with Gasteiger partial charge in [-0.3, -0.25) is 9.58 Å². The van der Waals surface area contributed by atoms with Crippen LogP contribution in [0.1, 0.15) is 37.9 Å². The maximum Gasteiger partial charge on any atom is 0.140 e. The molecular weight excluding hydrogens is 244 g/mol. The molecule has 0 radical (unpaired) electrons. The molecule has 0 bridgehead atoms. The molecule has 2 heterocycles. The molecule has 0 amide bonds. The molecule has 2 fully saturated rings. The molecule has 1 aliphatic carbocycles. The zero-order valence-electron chi connectivity index (χ0n) is 11.1. The molecule has 0 unspecified atom stereocenters. The Balaban J connectivity index is 1.65. The van der Waals surface area contributed by atoms with Crippen molar-refractivity contribution < 1.29 is 0 Å². The molecule has 0 N–H and O–H groups in total. The lowest BCUT2D eigenvalue weighted by Crippen LogP contribution is -2.47. The van der Waals surface area contributed by atoms with Crippen LogP contribution in [-0.2, 0) is 13.6 Å². The fourth-order valence-corrected chi connectivity index (χ4v) is 4.85. The number of thioether (sulfide) groups is 1. The van der Waals surface area contributed by atoms with Gasteiger partial charge in [-0.1, -0.05) is 19.3 Å². The molecule has 0 aromatic carbocycles. The fraction of sp³-hybridized carbons (Fsp3) is 0.846. The van der Waals surface area contributed by atoms with Crippen molar-refractivity contribution in [2.45, 2.75) is 43.4 Å². The van der Waals surface area contributed by atoms with Crippen molar-refractivity contribution in [3.63, 3.8) is 0 Å². The van der Waals surface area contributed by atoms with E-state index in [2.05, 4.69) is 26.7 Å². The summed E-state index contributed by atoms with van der Waals surface area (Å²) in [6.07, 6.45) is 8.76. The van der Waals surface area contributed by atoms with E-state index in [0.29, 0.717) is 4.75 Å². The number of aromatic nitrogens is 3. The third-order valence-corrected chi connectivity index (χ3v) is 5.80. The van der Waals surface area contributed by atoms with E-state index in [1.807, 2.05) is 11.7 Å². The largest absolute Gasteiger partial charge is 0.294 e. The van der Waals surface area contributed by atoms with Crippen molar-refractivity contribution in [2.24, 2.45) is 7.05 Å². The van der Waals surface area contributed by atoms with Gasteiger partial charge in [0.05, 0.1) is 6.54 Å². The predicted octanol–water partition coefficient (Wildman–Crippen LogP) is 2.07. The van der Waals surface area contributed by atoms with Gasteiger partial charge in [-0.2, -0.15) is 16.9 Å². The Labute approximate surface area is 113 Å². The quantitative estimate of drug-likeness (QED) is 0.820. The zero-order chi connectivity index (χ0) is 12.4. The van der Waals surface area contributed by atoms with Crippen LogP contribution in [0.25, 0.3) is 0 Å². The second-order valence-electron chi connectivity index (χ2n) is 5.60. The fourth-order valence-electron chi connectivity index (χ4n) is 3.22. The van der Waals surface area contributed by atoms with Crippen LogP contribution in [0.2, 0.25) is 0 Å². The van der Waals surface area contributed by atoms with Crippen LogP contribution in [0, 0.1) is 0 Å². The van der Waals surface area contributed by atoms with Gasteiger partial charge in [0.25, 0.3) is 0 Å². The van der Waals surface area contributed by atoms with E-state index in [1.165, 1.54) is 50.9 Å². The number of hydrogen-bond donors (Lipinski definition) is 0. The molecule has 1 spiro atoms. The molecule has 3 rings (SSSR count). The maximum absolute atomic E-state index is 4.35. The lowest BCUT2D eigenvalue weighted by Gasteiger charge is -2.44. The van der Waals surface area contributed by atoms with E-state index < -0.39 is 0 Å². The van der Waals surface area contributed by atoms with Crippen molar-refractivity contribution in [2.75, 3.05) is 18.8 Å². The van der Waals surface area contributed by atoms with E-state index in [-0.39, 0.29) is 0 Å². The van der Waals surface area contributed by atoms with Gasteiger partial charge in [-0.15, -0.1) is 0 Å². The SMILES string of the molecule is Cn1ncnc1CN1CCSC2(CCCCC2)C1. The van der Waals surface area contributed by atoms with Crippen LogP contribution in [0.3, 0.4) is 0 Å². The van der Waals surface area contributed by atoms with Crippen LogP contribution >= 0.6 is 11.8 Å². The minimum absolute atomic E-state index is 0.551. The number of nitrogens with zero attached hydrogens (tertiary/aromatic N) is 4. The molecular formula is C13H22N4S. The second kappa shape index (κ2) is 5.21. The minimum Gasteiger partial charge on any atom is -0.294 e. The summed E-state index contributed by atoms with van der Waals surface area (Å²) in [5.41, 5.74) is 0. The Morgan fingerprint density at radius 2 is 2.17 bits per heavy atom. The molecule has 4 nitrogen and oxygen atoms in total. The summed E-state index contributed by atoms with van der Waals surface area (Å²) in [6, 6.07) is 0. The predicted molar refractivity (Wildman–Crippen MR) is 74.6 cm³/mol. The van der Waals surface area contributed by atoms with Crippen molar-refractivity contribution in [1.82, 2.24) is 19.7 Å². The molecule has 1 aromatic rings. The van der Waals surface area contributed by atoms with Crippen molar-refractivity contribution in [3.05, 3.63) is 12.2 Å². The highest BCUT2D eigenvalue weighted by Gasteiger charge is 2.37. The van der Waals surface area contributed by atoms with Gasteiger partial charge in [0, 0.05) is 30.6 Å². The first-order valence-corrected chi connectivity index (χ1v) is 7.95. The zero-order valence-corrected chi connectivity index (χ0v) is 12.0. The first-order valence-electron chi connectivity index (χ1n) is 6.97. The molecule has 5 heteroatoms. The highest BCUT2D eigenvalue weighted by Crippen LogP contribution is 2.42. The third kappa shape index (κ3) is 2.57. The molecule has 2 aliphatic rings. The average Bonchev–Trinajstić information content (AvgIpc) is 2.76. The van der Waals surface area contributed by atoms with Crippen LogP contribution in [0.4, 0.5) is 0 Å². The number of rotatable bonds is 2. The van der Waals surface area contributed by atoms with Crippen LogP contribution in [0.5, 0.6) is 0 Å². The van der Waals surface area contributed by atoms with E-state index in [4.69, 9.17) is 0 Å². The van der Waals surface area contributed by atoms with Crippen molar-refractivity contribution in [1.29, 1.82) is 0 Å². The summed E-state index contributed by atoms with van der Waals surface area (Å²) < 4.78 is 2.45.